The highest BCUT2D eigenvalue weighted by Crippen LogP contribution is 2.44. The van der Waals surface area contributed by atoms with Crippen molar-refractivity contribution in [2.75, 3.05) is 19.1 Å². The molecule has 0 fully saturated rings. The molecule has 4 rings (SSSR count). The van der Waals surface area contributed by atoms with Gasteiger partial charge in [0.1, 0.15) is 28.6 Å². The van der Waals surface area contributed by atoms with Crippen LogP contribution in [0.15, 0.2) is 36.4 Å². The number of fused-ring (bicyclic) bond motifs is 3. The average Bonchev–Trinajstić information content (AvgIpc) is 2.64. The van der Waals surface area contributed by atoms with Gasteiger partial charge >= 0.3 is 20.2 Å². The maximum atomic E-state index is 11.8. The van der Waals surface area contributed by atoms with E-state index in [4.69, 9.17) is 17.8 Å². The molecule has 0 unspecified atom stereocenters. The standard InChI is InChI=1S/C22H24O8S2/c1-22(2)10-9-18-19(28-22)8-5-14-11-15(13-27-21(14)18)17-7-6-16(29-31(3,23)24)12-20(17)30-32(4,25)26/h5-10,12,15H,11,13H2,1-4H3/t15-/m1/s1. The van der Waals surface area contributed by atoms with Crippen LogP contribution >= 0.6 is 0 Å². The van der Waals surface area contributed by atoms with Crippen LogP contribution in [0.5, 0.6) is 23.0 Å². The molecule has 2 aromatic carbocycles. The van der Waals surface area contributed by atoms with E-state index in [9.17, 15) is 16.8 Å². The minimum absolute atomic E-state index is 0.00800. The summed E-state index contributed by atoms with van der Waals surface area (Å²) in [5.74, 6) is 1.25. The van der Waals surface area contributed by atoms with Gasteiger partial charge in [0.15, 0.2) is 0 Å². The van der Waals surface area contributed by atoms with Crippen LogP contribution in [0.1, 0.15) is 36.5 Å². The van der Waals surface area contributed by atoms with Crippen LogP contribution in [0.25, 0.3) is 6.08 Å². The molecule has 0 saturated carbocycles. The van der Waals surface area contributed by atoms with Crippen molar-refractivity contribution in [3.8, 4) is 23.0 Å². The van der Waals surface area contributed by atoms with Gasteiger partial charge in [-0.15, -0.1) is 0 Å². The molecule has 0 spiro atoms. The molecule has 1 atom stereocenters. The molecule has 2 aliphatic heterocycles. The Hall–Kier alpha value is -2.72. The lowest BCUT2D eigenvalue weighted by Gasteiger charge is -2.32. The summed E-state index contributed by atoms with van der Waals surface area (Å²) in [5.41, 5.74) is 2.01. The maximum absolute atomic E-state index is 11.8. The van der Waals surface area contributed by atoms with Gasteiger partial charge in [0.25, 0.3) is 0 Å². The van der Waals surface area contributed by atoms with Gasteiger partial charge < -0.3 is 17.8 Å². The molecule has 0 bridgehead atoms. The lowest BCUT2D eigenvalue weighted by molar-refractivity contribution is 0.157. The molecule has 0 amide bonds. The van der Waals surface area contributed by atoms with E-state index in [2.05, 4.69) is 0 Å². The number of hydrogen-bond donors (Lipinski definition) is 0. The minimum atomic E-state index is -3.85. The van der Waals surface area contributed by atoms with Crippen LogP contribution in [0.4, 0.5) is 0 Å². The number of benzene rings is 2. The molecule has 172 valence electrons. The van der Waals surface area contributed by atoms with Crippen LogP contribution in [0.3, 0.4) is 0 Å². The van der Waals surface area contributed by atoms with E-state index >= 15 is 0 Å². The van der Waals surface area contributed by atoms with E-state index in [0.717, 1.165) is 35.1 Å². The molecular formula is C22H24O8S2. The molecule has 0 N–H and O–H groups in total. The third-order valence-electron chi connectivity index (χ3n) is 5.07. The van der Waals surface area contributed by atoms with Crippen molar-refractivity contribution in [2.45, 2.75) is 31.8 Å². The summed E-state index contributed by atoms with van der Waals surface area (Å²) in [6.45, 7) is 4.24. The van der Waals surface area contributed by atoms with Gasteiger partial charge in [-0.25, -0.2) is 0 Å². The Morgan fingerprint density at radius 2 is 1.72 bits per heavy atom. The highest BCUT2D eigenvalue weighted by atomic mass is 32.2. The first-order valence-electron chi connectivity index (χ1n) is 9.89. The average molecular weight is 481 g/mol. The molecule has 0 aromatic heterocycles. The first-order chi connectivity index (χ1) is 14.8. The van der Waals surface area contributed by atoms with E-state index in [1.54, 1.807) is 6.07 Å². The van der Waals surface area contributed by atoms with Crippen molar-refractivity contribution in [3.05, 3.63) is 53.1 Å². The molecule has 10 heteroatoms. The Morgan fingerprint density at radius 1 is 1.00 bits per heavy atom. The summed E-state index contributed by atoms with van der Waals surface area (Å²) >= 11 is 0. The first-order valence-corrected chi connectivity index (χ1v) is 13.5. The normalized spacial score (nSPS) is 19.2. The predicted molar refractivity (Wildman–Crippen MR) is 120 cm³/mol. The summed E-state index contributed by atoms with van der Waals surface area (Å²) < 4.78 is 68.7. The second-order valence-electron chi connectivity index (χ2n) is 8.49. The van der Waals surface area contributed by atoms with Crippen molar-refractivity contribution in [1.29, 1.82) is 0 Å². The molecule has 0 saturated heterocycles. The lowest BCUT2D eigenvalue weighted by Crippen LogP contribution is -2.28. The van der Waals surface area contributed by atoms with Crippen LogP contribution in [0, 0.1) is 0 Å². The third kappa shape index (κ3) is 5.02. The van der Waals surface area contributed by atoms with Gasteiger partial charge in [-0.3, -0.25) is 0 Å². The largest absolute Gasteiger partial charge is 0.492 e. The van der Waals surface area contributed by atoms with Crippen molar-refractivity contribution >= 4 is 26.3 Å². The summed E-state index contributed by atoms with van der Waals surface area (Å²) in [6, 6.07) is 8.17. The zero-order chi connectivity index (χ0) is 23.3. The van der Waals surface area contributed by atoms with E-state index in [1.165, 1.54) is 12.1 Å². The maximum Gasteiger partial charge on any atom is 0.306 e. The van der Waals surface area contributed by atoms with Gasteiger partial charge in [0, 0.05) is 17.5 Å². The van der Waals surface area contributed by atoms with Gasteiger partial charge in [0.2, 0.25) is 0 Å². The molecule has 2 aromatic rings. The van der Waals surface area contributed by atoms with Crippen molar-refractivity contribution < 1.29 is 34.7 Å². The van der Waals surface area contributed by atoms with Crippen LogP contribution < -0.4 is 17.8 Å². The fourth-order valence-corrected chi connectivity index (χ4v) is 4.75. The number of hydrogen-bond acceptors (Lipinski definition) is 8. The van der Waals surface area contributed by atoms with Crippen molar-refractivity contribution in [1.82, 2.24) is 0 Å². The Labute approximate surface area is 188 Å². The number of ether oxygens (including phenoxy) is 2. The monoisotopic (exact) mass is 480 g/mol. The lowest BCUT2D eigenvalue weighted by atomic mass is 9.88. The Balaban J connectivity index is 1.68. The second-order valence-corrected chi connectivity index (χ2v) is 11.6. The molecule has 2 aliphatic rings. The number of rotatable bonds is 5. The topological polar surface area (TPSA) is 105 Å². The zero-order valence-electron chi connectivity index (χ0n) is 18.1. The van der Waals surface area contributed by atoms with Crippen molar-refractivity contribution in [2.24, 2.45) is 0 Å². The van der Waals surface area contributed by atoms with Crippen LogP contribution in [0.2, 0.25) is 0 Å². The summed E-state index contributed by atoms with van der Waals surface area (Å²) in [6.07, 6.45) is 6.38. The summed E-state index contributed by atoms with van der Waals surface area (Å²) in [4.78, 5) is 0. The smallest absolute Gasteiger partial charge is 0.306 e. The van der Waals surface area contributed by atoms with E-state index in [1.807, 2.05) is 38.1 Å². The van der Waals surface area contributed by atoms with Gasteiger partial charge in [-0.2, -0.15) is 16.8 Å². The first kappa shape index (κ1) is 22.5. The SMILES string of the molecule is CC1(C)C=Cc2c(ccc3c2OC[C@H](c2ccc(OS(C)(=O)=O)cc2OS(C)(=O)=O)C3)O1. The van der Waals surface area contributed by atoms with E-state index in [-0.39, 0.29) is 24.0 Å². The molecule has 2 heterocycles. The highest BCUT2D eigenvalue weighted by molar-refractivity contribution is 7.86. The molecule has 0 aliphatic carbocycles. The molecular weight excluding hydrogens is 456 g/mol. The second kappa shape index (κ2) is 7.70. The highest BCUT2D eigenvalue weighted by Gasteiger charge is 2.30. The fourth-order valence-electron chi connectivity index (χ4n) is 3.83. The van der Waals surface area contributed by atoms with Crippen LogP contribution in [-0.4, -0.2) is 41.6 Å². The summed E-state index contributed by atoms with van der Waals surface area (Å²) in [7, 11) is -7.63. The van der Waals surface area contributed by atoms with Gasteiger partial charge in [-0.05, 0) is 50.1 Å². The van der Waals surface area contributed by atoms with E-state index in [0.29, 0.717) is 12.0 Å². The quantitative estimate of drug-likeness (QED) is 0.601. The van der Waals surface area contributed by atoms with Crippen LogP contribution in [-0.2, 0) is 26.7 Å². The Kier molecular flexibility index (Phi) is 5.41. The Bertz CT molecular complexity index is 1310. The van der Waals surface area contributed by atoms with Gasteiger partial charge in [-0.1, -0.05) is 12.1 Å². The van der Waals surface area contributed by atoms with Crippen molar-refractivity contribution in [3.63, 3.8) is 0 Å². The molecule has 32 heavy (non-hydrogen) atoms. The molecule has 0 radical (unpaired) electrons. The fraction of sp³-hybridized carbons (Fsp3) is 0.364. The summed E-state index contributed by atoms with van der Waals surface area (Å²) in [5, 5.41) is 0. The minimum Gasteiger partial charge on any atom is -0.492 e. The predicted octanol–water partition coefficient (Wildman–Crippen LogP) is 3.27. The third-order valence-corrected chi connectivity index (χ3v) is 6.05. The Morgan fingerprint density at radius 3 is 2.41 bits per heavy atom. The zero-order valence-corrected chi connectivity index (χ0v) is 19.7. The van der Waals surface area contributed by atoms with E-state index < -0.39 is 25.8 Å². The van der Waals surface area contributed by atoms with Gasteiger partial charge in [0.05, 0.1) is 24.7 Å². The molecule has 8 nitrogen and oxygen atoms in total.